The van der Waals surface area contributed by atoms with E-state index in [-0.39, 0.29) is 10.8 Å². The number of carbonyl (C=O) groups is 1. The molecule has 2 aromatic carbocycles. The largest absolute Gasteiger partial charge is 0.317 e. The van der Waals surface area contributed by atoms with Gasteiger partial charge in [0, 0.05) is 27.2 Å². The fraction of sp³-hybridized carbons (Fsp3) is 0. The first-order valence-corrected chi connectivity index (χ1v) is 8.20. The number of amides is 1. The molecule has 0 atom stereocenters. The summed E-state index contributed by atoms with van der Waals surface area (Å²) >= 11 is 6.91. The van der Waals surface area contributed by atoms with Crippen molar-refractivity contribution in [2.45, 2.75) is 4.90 Å². The Morgan fingerprint density at radius 2 is 1.71 bits per heavy atom. The lowest BCUT2D eigenvalue weighted by atomic mass is 10.1. The zero-order chi connectivity index (χ0) is 16.9. The summed E-state index contributed by atoms with van der Waals surface area (Å²) in [6.45, 7) is 0. The van der Waals surface area contributed by atoms with Crippen LogP contribution in [-0.2, 0) is 0 Å². The molecule has 0 aliphatic heterocycles. The summed E-state index contributed by atoms with van der Waals surface area (Å²) in [5, 5.41) is 9.60. The summed E-state index contributed by atoms with van der Waals surface area (Å²) in [4.78, 5) is 23.9. The Morgan fingerprint density at radius 3 is 2.33 bits per heavy atom. The van der Waals surface area contributed by atoms with Crippen molar-refractivity contribution in [1.29, 1.82) is 0 Å². The first-order valence-electron chi connectivity index (χ1n) is 7.01. The number of hydrogen-bond acceptors (Lipinski definition) is 4. The van der Waals surface area contributed by atoms with Gasteiger partial charge in [0.05, 0.1) is 5.69 Å². The quantitative estimate of drug-likeness (QED) is 0.680. The number of anilines is 1. The van der Waals surface area contributed by atoms with Crippen LogP contribution in [0.5, 0.6) is 0 Å². The molecule has 0 saturated heterocycles. The number of aromatic amines is 1. The highest BCUT2D eigenvalue weighted by atomic mass is 35.5. The highest BCUT2D eigenvalue weighted by Crippen LogP contribution is 2.24. The van der Waals surface area contributed by atoms with Crippen molar-refractivity contribution in [1.82, 2.24) is 10.2 Å². The van der Waals surface area contributed by atoms with Crippen LogP contribution in [0.4, 0.5) is 10.5 Å². The molecule has 0 fully saturated rings. The van der Waals surface area contributed by atoms with Crippen molar-refractivity contribution in [3.63, 3.8) is 0 Å². The molecule has 5 nitrogen and oxygen atoms in total. The van der Waals surface area contributed by atoms with Gasteiger partial charge in [0.25, 0.3) is 10.8 Å². The predicted octanol–water partition coefficient (Wildman–Crippen LogP) is 4.41. The van der Waals surface area contributed by atoms with Crippen LogP contribution in [0.2, 0.25) is 5.02 Å². The molecule has 0 radical (unpaired) electrons. The normalized spacial score (nSPS) is 10.4. The second-order valence-corrected chi connectivity index (χ2v) is 6.33. The maximum atomic E-state index is 12.0. The molecule has 0 bridgehead atoms. The minimum atomic E-state index is -0.248. The summed E-state index contributed by atoms with van der Waals surface area (Å²) in [7, 11) is 0. The Balaban J connectivity index is 1.65. The van der Waals surface area contributed by atoms with Gasteiger partial charge in [-0.15, -0.1) is 0 Å². The van der Waals surface area contributed by atoms with Crippen molar-refractivity contribution in [3.05, 3.63) is 76.0 Å². The van der Waals surface area contributed by atoms with E-state index in [0.717, 1.165) is 22.2 Å². The smallest absolute Gasteiger partial charge is 0.288 e. The molecule has 0 saturated carbocycles. The van der Waals surface area contributed by atoms with E-state index >= 15 is 0 Å². The number of benzene rings is 2. The van der Waals surface area contributed by atoms with Crippen LogP contribution >= 0.6 is 23.4 Å². The fourth-order valence-electron chi connectivity index (χ4n) is 1.98. The molecule has 1 amide bonds. The molecule has 0 aliphatic rings. The van der Waals surface area contributed by atoms with Gasteiger partial charge in [-0.1, -0.05) is 23.7 Å². The molecule has 120 valence electrons. The molecule has 24 heavy (non-hydrogen) atoms. The minimum absolute atomic E-state index is 0.188. The van der Waals surface area contributed by atoms with Crippen molar-refractivity contribution >= 4 is 34.3 Å². The SMILES string of the molecule is O=C(Nc1ccc(-c2ccc(=O)[nH]n2)cc1)Sc1ccc(Cl)cc1. The van der Waals surface area contributed by atoms with Crippen LogP contribution < -0.4 is 10.9 Å². The molecule has 0 aliphatic carbocycles. The van der Waals surface area contributed by atoms with Gasteiger partial charge in [0.2, 0.25) is 0 Å². The van der Waals surface area contributed by atoms with E-state index in [0.29, 0.717) is 16.4 Å². The minimum Gasteiger partial charge on any atom is -0.317 e. The summed E-state index contributed by atoms with van der Waals surface area (Å²) in [5.41, 5.74) is 1.93. The van der Waals surface area contributed by atoms with Crippen LogP contribution in [0.3, 0.4) is 0 Å². The van der Waals surface area contributed by atoms with E-state index in [1.54, 1.807) is 42.5 Å². The van der Waals surface area contributed by atoms with Gasteiger partial charge >= 0.3 is 0 Å². The second kappa shape index (κ2) is 7.33. The van der Waals surface area contributed by atoms with E-state index in [2.05, 4.69) is 15.5 Å². The Bertz CT molecular complexity index is 888. The maximum Gasteiger partial charge on any atom is 0.288 e. The van der Waals surface area contributed by atoms with E-state index in [9.17, 15) is 9.59 Å². The Morgan fingerprint density at radius 1 is 1.00 bits per heavy atom. The summed E-state index contributed by atoms with van der Waals surface area (Å²) in [6, 6.07) is 17.3. The van der Waals surface area contributed by atoms with Crippen molar-refractivity contribution in [3.8, 4) is 11.3 Å². The lowest BCUT2D eigenvalue weighted by Gasteiger charge is -2.06. The molecule has 2 N–H and O–H groups in total. The molecule has 1 aromatic heterocycles. The third-order valence-corrected chi connectivity index (χ3v) is 4.18. The molecule has 3 rings (SSSR count). The summed E-state index contributed by atoms with van der Waals surface area (Å²) in [5.74, 6) is 0. The number of aromatic nitrogens is 2. The van der Waals surface area contributed by atoms with Crippen LogP contribution in [-0.4, -0.2) is 15.4 Å². The van der Waals surface area contributed by atoms with Crippen LogP contribution in [0.1, 0.15) is 0 Å². The maximum absolute atomic E-state index is 12.0. The first-order chi connectivity index (χ1) is 11.6. The Labute approximate surface area is 147 Å². The number of carbonyl (C=O) groups excluding carboxylic acids is 1. The third kappa shape index (κ3) is 4.24. The summed E-state index contributed by atoms with van der Waals surface area (Å²) in [6.07, 6.45) is 0. The van der Waals surface area contributed by atoms with Crippen LogP contribution in [0, 0.1) is 0 Å². The molecule has 3 aromatic rings. The number of halogens is 1. The number of H-pyrrole nitrogens is 1. The van der Waals surface area contributed by atoms with Gasteiger partial charge < -0.3 is 5.32 Å². The fourth-order valence-corrected chi connectivity index (χ4v) is 2.76. The van der Waals surface area contributed by atoms with E-state index in [1.165, 1.54) is 6.07 Å². The van der Waals surface area contributed by atoms with Gasteiger partial charge in [-0.2, -0.15) is 5.10 Å². The molecule has 1 heterocycles. The number of hydrogen-bond donors (Lipinski definition) is 2. The highest BCUT2D eigenvalue weighted by molar-refractivity contribution is 8.13. The molecule has 7 heteroatoms. The molecular weight excluding hydrogens is 346 g/mol. The predicted molar refractivity (Wildman–Crippen MR) is 96.6 cm³/mol. The topological polar surface area (TPSA) is 74.8 Å². The summed E-state index contributed by atoms with van der Waals surface area (Å²) < 4.78 is 0. The van der Waals surface area contributed by atoms with Crippen LogP contribution in [0.25, 0.3) is 11.3 Å². The number of nitrogens with zero attached hydrogens (tertiary/aromatic N) is 1. The molecular formula is C17H12ClN3O2S. The average Bonchev–Trinajstić information content (AvgIpc) is 2.58. The van der Waals surface area contributed by atoms with Crippen molar-refractivity contribution in [2.24, 2.45) is 0 Å². The average molecular weight is 358 g/mol. The first kappa shape index (κ1) is 16.3. The lowest BCUT2D eigenvalue weighted by Crippen LogP contribution is -2.06. The van der Waals surface area contributed by atoms with Gasteiger partial charge in [-0.3, -0.25) is 9.59 Å². The van der Waals surface area contributed by atoms with Gasteiger partial charge in [0.15, 0.2) is 0 Å². The monoisotopic (exact) mass is 357 g/mol. The van der Waals surface area contributed by atoms with E-state index in [1.807, 2.05) is 12.1 Å². The standard InChI is InChI=1S/C17H12ClN3O2S/c18-12-3-7-14(8-4-12)24-17(23)19-13-5-1-11(2-6-13)15-9-10-16(22)21-20-15/h1-10H,(H,19,23)(H,21,22). The third-order valence-electron chi connectivity index (χ3n) is 3.13. The van der Waals surface area contributed by atoms with Crippen LogP contribution in [0.15, 0.2) is 70.4 Å². The Kier molecular flexibility index (Phi) is 4.98. The second-order valence-electron chi connectivity index (χ2n) is 4.85. The number of thioether (sulfide) groups is 1. The lowest BCUT2D eigenvalue weighted by molar-refractivity contribution is 0.270. The van der Waals surface area contributed by atoms with Gasteiger partial charge in [-0.05, 0) is 54.2 Å². The van der Waals surface area contributed by atoms with Crippen molar-refractivity contribution in [2.75, 3.05) is 5.32 Å². The Hall–Kier alpha value is -2.57. The highest BCUT2D eigenvalue weighted by Gasteiger charge is 2.06. The molecule has 0 spiro atoms. The number of rotatable bonds is 3. The van der Waals surface area contributed by atoms with E-state index < -0.39 is 0 Å². The molecule has 0 unspecified atom stereocenters. The van der Waals surface area contributed by atoms with E-state index in [4.69, 9.17) is 11.6 Å². The number of nitrogens with one attached hydrogen (secondary N) is 2. The van der Waals surface area contributed by atoms with Crippen molar-refractivity contribution < 1.29 is 4.79 Å². The van der Waals surface area contributed by atoms with Gasteiger partial charge in [0.1, 0.15) is 0 Å². The van der Waals surface area contributed by atoms with Gasteiger partial charge in [-0.25, -0.2) is 5.10 Å². The zero-order valence-corrected chi connectivity index (χ0v) is 13.9. The zero-order valence-electron chi connectivity index (χ0n) is 12.3.